The van der Waals surface area contributed by atoms with E-state index in [4.69, 9.17) is 9.47 Å². The van der Waals surface area contributed by atoms with Crippen LogP contribution < -0.4 is 4.74 Å². The van der Waals surface area contributed by atoms with Gasteiger partial charge in [-0.2, -0.15) is 18.3 Å². The lowest BCUT2D eigenvalue weighted by Gasteiger charge is -2.09. The molecule has 0 N–H and O–H groups in total. The van der Waals surface area contributed by atoms with Gasteiger partial charge < -0.3 is 9.47 Å². The van der Waals surface area contributed by atoms with Crippen LogP contribution in [0.25, 0.3) is 0 Å². The molecule has 0 aliphatic carbocycles. The Hall–Kier alpha value is -2.58. The van der Waals surface area contributed by atoms with Gasteiger partial charge in [0.1, 0.15) is 12.2 Å². The zero-order chi connectivity index (χ0) is 17.0. The van der Waals surface area contributed by atoms with Crippen LogP contribution in [0.15, 0.2) is 24.5 Å². The molecular weight excluding hydrogens is 315 g/mol. The van der Waals surface area contributed by atoms with E-state index in [9.17, 15) is 18.0 Å². The second-order valence-corrected chi connectivity index (χ2v) is 4.52. The van der Waals surface area contributed by atoms with Gasteiger partial charge >= 0.3 is 12.1 Å². The maximum Gasteiger partial charge on any atom is 0.417 e. The highest BCUT2D eigenvalue weighted by molar-refractivity contribution is 5.90. The van der Waals surface area contributed by atoms with Crippen molar-refractivity contribution < 1.29 is 27.4 Å². The molecule has 0 atom stereocenters. The Balaban J connectivity index is 2.09. The fourth-order valence-corrected chi connectivity index (χ4v) is 1.79. The minimum Gasteiger partial charge on any atom is -0.471 e. The summed E-state index contributed by atoms with van der Waals surface area (Å²) in [6, 6.07) is 1.99. The summed E-state index contributed by atoms with van der Waals surface area (Å²) in [5.41, 5.74) is -0.191. The minimum absolute atomic E-state index is 0.00834. The molecule has 0 saturated carbocycles. The molecule has 0 amide bonds. The van der Waals surface area contributed by atoms with Gasteiger partial charge in [-0.1, -0.05) is 0 Å². The SMILES string of the molecule is CCOC(=O)c1cnn(C)c1COc1ccc(C(F)(F)F)cn1. The first-order valence-electron chi connectivity index (χ1n) is 6.67. The van der Waals surface area contributed by atoms with Gasteiger partial charge in [0, 0.05) is 19.3 Å². The number of carbonyl (C=O) groups excluding carboxylic acids is 1. The van der Waals surface area contributed by atoms with Crippen molar-refractivity contribution in [2.24, 2.45) is 7.05 Å². The number of hydrogen-bond acceptors (Lipinski definition) is 5. The zero-order valence-electron chi connectivity index (χ0n) is 12.4. The highest BCUT2D eigenvalue weighted by atomic mass is 19.4. The van der Waals surface area contributed by atoms with Gasteiger partial charge in [-0.3, -0.25) is 4.68 Å². The van der Waals surface area contributed by atoms with Gasteiger partial charge in [0.2, 0.25) is 5.88 Å². The smallest absolute Gasteiger partial charge is 0.417 e. The Morgan fingerprint density at radius 2 is 2.04 bits per heavy atom. The van der Waals surface area contributed by atoms with Crippen molar-refractivity contribution in [1.82, 2.24) is 14.8 Å². The average Bonchev–Trinajstić information content (AvgIpc) is 2.86. The standard InChI is InChI=1S/C14H14F3N3O3/c1-3-22-13(21)10-7-19-20(2)11(10)8-23-12-5-4-9(6-18-12)14(15,16)17/h4-7H,3,8H2,1-2H3. The Kier molecular flexibility index (Phi) is 4.87. The van der Waals surface area contributed by atoms with Crippen LogP contribution in [0, 0.1) is 0 Å². The molecule has 0 saturated heterocycles. The first-order valence-corrected chi connectivity index (χ1v) is 6.67. The van der Waals surface area contributed by atoms with Gasteiger partial charge in [0.05, 0.1) is 24.1 Å². The van der Waals surface area contributed by atoms with Gasteiger partial charge in [0.25, 0.3) is 0 Å². The Morgan fingerprint density at radius 3 is 2.61 bits per heavy atom. The number of aromatic nitrogens is 3. The van der Waals surface area contributed by atoms with Crippen LogP contribution in [0.5, 0.6) is 5.88 Å². The number of halogens is 3. The fraction of sp³-hybridized carbons (Fsp3) is 0.357. The van der Waals surface area contributed by atoms with Crippen molar-refractivity contribution >= 4 is 5.97 Å². The number of aryl methyl sites for hydroxylation is 1. The van der Waals surface area contributed by atoms with Crippen molar-refractivity contribution in [2.45, 2.75) is 19.7 Å². The van der Waals surface area contributed by atoms with Crippen LogP contribution in [-0.4, -0.2) is 27.3 Å². The van der Waals surface area contributed by atoms with Crippen LogP contribution in [0.2, 0.25) is 0 Å². The van der Waals surface area contributed by atoms with Crippen molar-refractivity contribution in [3.05, 3.63) is 41.3 Å². The minimum atomic E-state index is -4.45. The molecule has 9 heteroatoms. The van der Waals surface area contributed by atoms with E-state index < -0.39 is 17.7 Å². The largest absolute Gasteiger partial charge is 0.471 e. The molecule has 2 rings (SSSR count). The van der Waals surface area contributed by atoms with E-state index in [0.29, 0.717) is 11.9 Å². The van der Waals surface area contributed by atoms with Gasteiger partial charge in [-0.15, -0.1) is 0 Å². The van der Waals surface area contributed by atoms with E-state index in [1.807, 2.05) is 0 Å². The number of ether oxygens (including phenoxy) is 2. The first-order chi connectivity index (χ1) is 10.8. The highest BCUT2D eigenvalue weighted by Gasteiger charge is 2.30. The van der Waals surface area contributed by atoms with Crippen molar-refractivity contribution in [2.75, 3.05) is 6.61 Å². The molecule has 0 aromatic carbocycles. The maximum atomic E-state index is 12.5. The summed E-state index contributed by atoms with van der Waals surface area (Å²) in [4.78, 5) is 15.4. The average molecular weight is 329 g/mol. The predicted octanol–water partition coefficient (Wildman–Crippen LogP) is 2.59. The summed E-state index contributed by atoms with van der Waals surface area (Å²) in [6.45, 7) is 1.81. The summed E-state index contributed by atoms with van der Waals surface area (Å²) in [5.74, 6) is -0.534. The van der Waals surface area contributed by atoms with E-state index in [1.54, 1.807) is 14.0 Å². The Bertz CT molecular complexity index is 681. The molecule has 0 radical (unpaired) electrons. The Labute approximate surface area is 129 Å². The summed E-state index contributed by atoms with van der Waals surface area (Å²) < 4.78 is 49.0. The van der Waals surface area contributed by atoms with Crippen molar-refractivity contribution in [3.63, 3.8) is 0 Å². The fourth-order valence-electron chi connectivity index (χ4n) is 1.79. The quantitative estimate of drug-likeness (QED) is 0.789. The van der Waals surface area contributed by atoms with E-state index in [0.717, 1.165) is 12.1 Å². The number of pyridine rings is 1. The maximum absolute atomic E-state index is 12.5. The molecule has 23 heavy (non-hydrogen) atoms. The Morgan fingerprint density at radius 1 is 1.30 bits per heavy atom. The predicted molar refractivity (Wildman–Crippen MR) is 72.7 cm³/mol. The number of carbonyl (C=O) groups is 1. The van der Waals surface area contributed by atoms with Crippen molar-refractivity contribution in [3.8, 4) is 5.88 Å². The highest BCUT2D eigenvalue weighted by Crippen LogP contribution is 2.29. The third kappa shape index (κ3) is 3.99. The monoisotopic (exact) mass is 329 g/mol. The van der Waals surface area contributed by atoms with Crippen LogP contribution in [0.1, 0.15) is 28.5 Å². The van der Waals surface area contributed by atoms with E-state index in [-0.39, 0.29) is 24.7 Å². The number of esters is 1. The molecule has 124 valence electrons. The number of rotatable bonds is 5. The first kappa shape index (κ1) is 16.8. The van der Waals surface area contributed by atoms with Crippen LogP contribution >= 0.6 is 0 Å². The summed E-state index contributed by atoms with van der Waals surface area (Å²) in [6.07, 6.45) is -2.42. The number of alkyl halides is 3. The lowest BCUT2D eigenvalue weighted by Crippen LogP contribution is -2.12. The summed E-state index contributed by atoms with van der Waals surface area (Å²) in [7, 11) is 1.61. The van der Waals surface area contributed by atoms with Crippen LogP contribution in [0.4, 0.5) is 13.2 Å². The lowest BCUT2D eigenvalue weighted by molar-refractivity contribution is -0.137. The van der Waals surface area contributed by atoms with E-state index in [2.05, 4.69) is 10.1 Å². The molecule has 0 bridgehead atoms. The third-order valence-corrected chi connectivity index (χ3v) is 2.98. The molecule has 0 unspecified atom stereocenters. The third-order valence-electron chi connectivity index (χ3n) is 2.98. The zero-order valence-corrected chi connectivity index (χ0v) is 12.4. The van der Waals surface area contributed by atoms with E-state index >= 15 is 0 Å². The molecule has 0 fully saturated rings. The second kappa shape index (κ2) is 6.67. The van der Waals surface area contributed by atoms with Crippen LogP contribution in [0.3, 0.4) is 0 Å². The number of nitrogens with zero attached hydrogens (tertiary/aromatic N) is 3. The van der Waals surface area contributed by atoms with Gasteiger partial charge in [-0.05, 0) is 13.0 Å². The second-order valence-electron chi connectivity index (χ2n) is 4.52. The summed E-state index contributed by atoms with van der Waals surface area (Å²) in [5, 5.41) is 3.95. The molecule has 0 spiro atoms. The molecular formula is C14H14F3N3O3. The lowest BCUT2D eigenvalue weighted by atomic mass is 10.2. The molecule has 2 aromatic rings. The molecule has 0 aliphatic rings. The molecule has 6 nitrogen and oxygen atoms in total. The number of hydrogen-bond donors (Lipinski definition) is 0. The molecule has 2 heterocycles. The normalized spacial score (nSPS) is 11.3. The van der Waals surface area contributed by atoms with Crippen molar-refractivity contribution in [1.29, 1.82) is 0 Å². The van der Waals surface area contributed by atoms with Gasteiger partial charge in [-0.25, -0.2) is 9.78 Å². The summed E-state index contributed by atoms with van der Waals surface area (Å²) >= 11 is 0. The molecule has 0 aliphatic heterocycles. The van der Waals surface area contributed by atoms with E-state index in [1.165, 1.54) is 10.9 Å². The van der Waals surface area contributed by atoms with Gasteiger partial charge in [0.15, 0.2) is 0 Å². The van der Waals surface area contributed by atoms with Crippen LogP contribution in [-0.2, 0) is 24.6 Å². The topological polar surface area (TPSA) is 66.2 Å². The molecule has 2 aromatic heterocycles.